The Morgan fingerprint density at radius 2 is 1.96 bits per heavy atom. The summed E-state index contributed by atoms with van der Waals surface area (Å²) in [5, 5.41) is 0. The van der Waals surface area contributed by atoms with Gasteiger partial charge in [-0.1, -0.05) is 13.0 Å². The van der Waals surface area contributed by atoms with Crippen molar-refractivity contribution < 1.29 is 13.9 Å². The van der Waals surface area contributed by atoms with E-state index < -0.39 is 11.8 Å². The number of alkyl halides is 1. The first-order valence-corrected chi connectivity index (χ1v) is 10.3. The number of nitrogens with zero attached hydrogens (tertiary/aromatic N) is 2. The van der Waals surface area contributed by atoms with E-state index in [2.05, 4.69) is 24.0 Å². The summed E-state index contributed by atoms with van der Waals surface area (Å²) in [5.41, 5.74) is 2.01. The molecule has 1 saturated heterocycles. The number of ether oxygens (including phenoxy) is 1. The van der Waals surface area contributed by atoms with Gasteiger partial charge in [0, 0.05) is 25.2 Å². The highest BCUT2D eigenvalue weighted by atomic mass is 19.1. The summed E-state index contributed by atoms with van der Waals surface area (Å²) in [6.07, 6.45) is 3.88. The Labute approximate surface area is 162 Å². The molecular formula is C22H33FN2O2. The minimum absolute atomic E-state index is 0.103. The van der Waals surface area contributed by atoms with Gasteiger partial charge in [-0.05, 0) is 76.3 Å². The molecule has 1 aliphatic carbocycles. The number of carbonyl (C=O) groups is 1. The minimum atomic E-state index is -0.672. The van der Waals surface area contributed by atoms with Gasteiger partial charge in [0.1, 0.15) is 17.6 Å². The van der Waals surface area contributed by atoms with Gasteiger partial charge in [-0.3, -0.25) is 4.79 Å². The molecule has 1 aromatic rings. The second-order valence-corrected chi connectivity index (χ2v) is 9.21. The van der Waals surface area contributed by atoms with E-state index in [9.17, 15) is 9.18 Å². The van der Waals surface area contributed by atoms with Crippen LogP contribution in [0.1, 0.15) is 77.0 Å². The van der Waals surface area contributed by atoms with E-state index in [1.54, 1.807) is 0 Å². The van der Waals surface area contributed by atoms with Crippen molar-refractivity contribution in [1.82, 2.24) is 4.98 Å². The second-order valence-electron chi connectivity index (χ2n) is 9.21. The van der Waals surface area contributed by atoms with Crippen molar-refractivity contribution in [2.24, 2.45) is 5.92 Å². The molecule has 3 rings (SSSR count). The molecule has 1 fully saturated rings. The smallest absolute Gasteiger partial charge is 0.306 e. The first-order chi connectivity index (χ1) is 12.7. The Bertz CT molecular complexity index is 663. The topological polar surface area (TPSA) is 42.4 Å². The van der Waals surface area contributed by atoms with Crippen LogP contribution in [-0.4, -0.2) is 35.8 Å². The van der Waals surface area contributed by atoms with Gasteiger partial charge in [-0.2, -0.15) is 0 Å². The van der Waals surface area contributed by atoms with Crippen LogP contribution in [0.4, 0.5) is 10.2 Å². The molecule has 150 valence electrons. The highest BCUT2D eigenvalue weighted by Crippen LogP contribution is 2.35. The molecule has 2 atom stereocenters. The lowest BCUT2D eigenvalue weighted by molar-refractivity contribution is -0.156. The van der Waals surface area contributed by atoms with Gasteiger partial charge in [-0.25, -0.2) is 9.37 Å². The van der Waals surface area contributed by atoms with E-state index in [0.717, 1.165) is 43.9 Å². The number of hydrogen-bond acceptors (Lipinski definition) is 4. The zero-order chi connectivity index (χ0) is 19.6. The number of halogens is 1. The van der Waals surface area contributed by atoms with Crippen molar-refractivity contribution in [2.75, 3.05) is 18.0 Å². The number of hydrogen-bond donors (Lipinski definition) is 0. The molecule has 0 saturated carbocycles. The van der Waals surface area contributed by atoms with Crippen molar-refractivity contribution in [2.45, 2.75) is 83.9 Å². The lowest BCUT2D eigenvalue weighted by atomic mass is 9.91. The molecule has 4 nitrogen and oxygen atoms in total. The molecule has 0 aromatic carbocycles. The van der Waals surface area contributed by atoms with Gasteiger partial charge >= 0.3 is 5.97 Å². The number of carbonyl (C=O) groups excluding carboxylic acids is 1. The van der Waals surface area contributed by atoms with E-state index in [1.807, 2.05) is 20.8 Å². The van der Waals surface area contributed by atoms with Crippen molar-refractivity contribution >= 4 is 11.8 Å². The lowest BCUT2D eigenvalue weighted by Gasteiger charge is -2.30. The van der Waals surface area contributed by atoms with Crippen LogP contribution in [0.25, 0.3) is 0 Å². The molecule has 0 radical (unpaired) electrons. The molecule has 0 N–H and O–H groups in total. The molecule has 2 aliphatic rings. The fraction of sp³-hybridized carbons (Fsp3) is 0.727. The molecule has 2 unspecified atom stereocenters. The van der Waals surface area contributed by atoms with E-state index in [4.69, 9.17) is 9.72 Å². The summed E-state index contributed by atoms with van der Waals surface area (Å²) >= 11 is 0. The van der Waals surface area contributed by atoms with E-state index in [0.29, 0.717) is 31.1 Å². The molecular weight excluding hydrogens is 343 g/mol. The quantitative estimate of drug-likeness (QED) is 0.561. The van der Waals surface area contributed by atoms with Gasteiger partial charge in [-0.15, -0.1) is 0 Å². The predicted octanol–water partition coefficient (Wildman–Crippen LogP) is 4.81. The van der Waals surface area contributed by atoms with Crippen molar-refractivity contribution in [3.63, 3.8) is 0 Å². The maximum Gasteiger partial charge on any atom is 0.306 e. The van der Waals surface area contributed by atoms with Gasteiger partial charge in [0.15, 0.2) is 0 Å². The number of rotatable bonds is 3. The first-order valence-electron chi connectivity index (χ1n) is 10.3. The average Bonchev–Trinajstić information content (AvgIpc) is 2.73. The number of anilines is 1. The van der Waals surface area contributed by atoms with Crippen LogP contribution in [0.15, 0.2) is 12.1 Å². The van der Waals surface area contributed by atoms with Crippen molar-refractivity contribution in [1.29, 1.82) is 0 Å². The Balaban J connectivity index is 1.67. The second kappa shape index (κ2) is 8.15. The highest BCUT2D eigenvalue weighted by molar-refractivity contribution is 5.70. The molecule has 0 amide bonds. The van der Waals surface area contributed by atoms with Crippen LogP contribution in [0, 0.1) is 5.92 Å². The number of aryl methyl sites for hydroxylation is 1. The highest BCUT2D eigenvalue weighted by Gasteiger charge is 2.28. The average molecular weight is 377 g/mol. The summed E-state index contributed by atoms with van der Waals surface area (Å²) in [4.78, 5) is 19.4. The molecule has 27 heavy (non-hydrogen) atoms. The van der Waals surface area contributed by atoms with Crippen LogP contribution in [0.5, 0.6) is 0 Å². The van der Waals surface area contributed by atoms with E-state index in [1.165, 1.54) is 5.56 Å². The van der Waals surface area contributed by atoms with Crippen LogP contribution in [0.2, 0.25) is 0 Å². The fourth-order valence-electron chi connectivity index (χ4n) is 4.28. The molecule has 1 aliphatic heterocycles. The van der Waals surface area contributed by atoms with Gasteiger partial charge in [0.25, 0.3) is 0 Å². The third kappa shape index (κ3) is 5.43. The predicted molar refractivity (Wildman–Crippen MR) is 106 cm³/mol. The van der Waals surface area contributed by atoms with Gasteiger partial charge in [0.05, 0.1) is 0 Å². The summed E-state index contributed by atoms with van der Waals surface area (Å²) in [6, 6.07) is 4.27. The molecule has 0 spiro atoms. The summed E-state index contributed by atoms with van der Waals surface area (Å²) in [6.45, 7) is 9.41. The molecule has 0 bridgehead atoms. The van der Waals surface area contributed by atoms with Crippen LogP contribution < -0.4 is 4.90 Å². The largest absolute Gasteiger partial charge is 0.460 e. The van der Waals surface area contributed by atoms with Crippen molar-refractivity contribution in [3.8, 4) is 0 Å². The number of fused-ring (bicyclic) bond motifs is 1. The van der Waals surface area contributed by atoms with Gasteiger partial charge < -0.3 is 9.64 Å². The summed E-state index contributed by atoms with van der Waals surface area (Å²) in [5.74, 6) is 1.51. The number of esters is 1. The van der Waals surface area contributed by atoms with Crippen LogP contribution in [0.3, 0.4) is 0 Å². The fourth-order valence-corrected chi connectivity index (χ4v) is 4.28. The Hall–Kier alpha value is -1.65. The zero-order valence-corrected chi connectivity index (χ0v) is 17.1. The third-order valence-corrected chi connectivity index (χ3v) is 5.60. The number of aromatic nitrogens is 1. The normalized spacial score (nSPS) is 24.3. The molecule has 1 aromatic heterocycles. The minimum Gasteiger partial charge on any atom is -0.460 e. The third-order valence-electron chi connectivity index (χ3n) is 5.60. The maximum atomic E-state index is 13.4. The van der Waals surface area contributed by atoms with Crippen LogP contribution >= 0.6 is 0 Å². The monoisotopic (exact) mass is 376 g/mol. The Kier molecular flexibility index (Phi) is 6.07. The standard InChI is InChI=1S/C22H33FN2O2/c1-15-13-16(14-20(26)27-22(2,3)4)5-6-17-7-8-19(24-21(15)17)25-11-9-18(23)10-12-25/h7-8,15-16,18H,5-6,9-14H2,1-4H3. The SMILES string of the molecule is CC1CC(CC(=O)OC(C)(C)C)CCc2ccc(N3CCC(F)CC3)nc21. The zero-order valence-electron chi connectivity index (χ0n) is 17.1. The summed E-state index contributed by atoms with van der Waals surface area (Å²) < 4.78 is 18.9. The molecule has 5 heteroatoms. The maximum absolute atomic E-state index is 13.4. The van der Waals surface area contributed by atoms with Gasteiger partial charge in [0.2, 0.25) is 0 Å². The Morgan fingerprint density at radius 1 is 1.26 bits per heavy atom. The Morgan fingerprint density at radius 3 is 2.63 bits per heavy atom. The van der Waals surface area contributed by atoms with Crippen LogP contribution in [-0.2, 0) is 16.0 Å². The van der Waals surface area contributed by atoms with E-state index in [-0.39, 0.29) is 5.97 Å². The number of piperidine rings is 1. The first kappa shape index (κ1) is 20.1. The van der Waals surface area contributed by atoms with E-state index >= 15 is 0 Å². The molecule has 2 heterocycles. The van der Waals surface area contributed by atoms with Crippen molar-refractivity contribution in [3.05, 3.63) is 23.4 Å². The number of pyridine rings is 1. The lowest BCUT2D eigenvalue weighted by Crippen LogP contribution is -2.35. The summed E-state index contributed by atoms with van der Waals surface area (Å²) in [7, 11) is 0.